The first-order valence-electron chi connectivity index (χ1n) is 10.9. The number of carbonyl (C=O) groups is 2. The predicted molar refractivity (Wildman–Crippen MR) is 122 cm³/mol. The zero-order valence-electron chi connectivity index (χ0n) is 19.0. The number of benzene rings is 2. The van der Waals surface area contributed by atoms with Crippen molar-refractivity contribution in [1.29, 1.82) is 0 Å². The predicted octanol–water partition coefficient (Wildman–Crippen LogP) is 3.97. The maximum absolute atomic E-state index is 13.1. The maximum Gasteiger partial charge on any atom is 0.261 e. The van der Waals surface area contributed by atoms with Crippen molar-refractivity contribution >= 4 is 11.8 Å². The Morgan fingerprint density at radius 3 is 2.10 bits per heavy atom. The van der Waals surface area contributed by atoms with Gasteiger partial charge in [-0.05, 0) is 54.7 Å². The van der Waals surface area contributed by atoms with Crippen LogP contribution in [0.5, 0.6) is 11.5 Å². The third-order valence-electron chi connectivity index (χ3n) is 5.14. The largest absolute Gasteiger partial charge is 0.497 e. The number of aryl methyl sites for hydroxylation is 1. The van der Waals surface area contributed by atoms with Crippen molar-refractivity contribution < 1.29 is 19.1 Å². The number of carbonyl (C=O) groups excluding carboxylic acids is 2. The summed E-state index contributed by atoms with van der Waals surface area (Å²) in [5.74, 6) is 1.01. The lowest BCUT2D eigenvalue weighted by Gasteiger charge is -2.30. The van der Waals surface area contributed by atoms with Gasteiger partial charge in [-0.1, -0.05) is 45.0 Å². The number of nitrogens with zero attached hydrogens (tertiary/aromatic N) is 1. The van der Waals surface area contributed by atoms with Crippen LogP contribution in [0.15, 0.2) is 48.5 Å². The van der Waals surface area contributed by atoms with E-state index in [1.165, 1.54) is 5.56 Å². The van der Waals surface area contributed by atoms with Crippen LogP contribution >= 0.6 is 0 Å². The van der Waals surface area contributed by atoms with E-state index in [4.69, 9.17) is 9.47 Å². The lowest BCUT2D eigenvalue weighted by Crippen LogP contribution is -2.50. The van der Waals surface area contributed by atoms with Crippen LogP contribution in [0, 0.1) is 0 Å². The minimum Gasteiger partial charge on any atom is -0.497 e. The van der Waals surface area contributed by atoms with Crippen LogP contribution in [-0.2, 0) is 22.6 Å². The molecule has 1 N–H and O–H groups in total. The topological polar surface area (TPSA) is 67.9 Å². The van der Waals surface area contributed by atoms with Crippen LogP contribution in [0.3, 0.4) is 0 Å². The van der Waals surface area contributed by atoms with Crippen LogP contribution in [0.4, 0.5) is 0 Å². The molecule has 0 radical (unpaired) electrons. The lowest BCUT2D eigenvalue weighted by molar-refractivity contribution is -0.143. The first-order chi connectivity index (χ1) is 15.0. The molecule has 0 aliphatic heterocycles. The third kappa shape index (κ3) is 7.31. The zero-order chi connectivity index (χ0) is 22.6. The maximum atomic E-state index is 13.1. The van der Waals surface area contributed by atoms with Crippen molar-refractivity contribution in [2.75, 3.05) is 20.3 Å². The van der Waals surface area contributed by atoms with E-state index in [-0.39, 0.29) is 18.4 Å². The van der Waals surface area contributed by atoms with E-state index in [1.807, 2.05) is 62.4 Å². The molecule has 168 valence electrons. The molecule has 0 spiro atoms. The molecule has 0 saturated carbocycles. The van der Waals surface area contributed by atoms with Crippen LogP contribution in [0.1, 0.15) is 44.7 Å². The molecule has 0 bridgehead atoms. The smallest absolute Gasteiger partial charge is 0.261 e. The van der Waals surface area contributed by atoms with Gasteiger partial charge in [0.1, 0.15) is 17.5 Å². The Balaban J connectivity index is 2.16. The fourth-order valence-electron chi connectivity index (χ4n) is 3.26. The number of nitrogens with one attached hydrogen (secondary N) is 1. The van der Waals surface area contributed by atoms with Gasteiger partial charge in [0, 0.05) is 13.1 Å². The summed E-state index contributed by atoms with van der Waals surface area (Å²) < 4.78 is 10.9. The lowest BCUT2D eigenvalue weighted by atomic mass is 10.1. The Labute approximate surface area is 185 Å². The molecule has 0 aliphatic rings. The molecule has 0 heterocycles. The van der Waals surface area contributed by atoms with E-state index in [2.05, 4.69) is 12.2 Å². The molecule has 2 aromatic rings. The van der Waals surface area contributed by atoms with Gasteiger partial charge in [0.25, 0.3) is 5.91 Å². The van der Waals surface area contributed by atoms with Gasteiger partial charge in [-0.15, -0.1) is 0 Å². The molecule has 31 heavy (non-hydrogen) atoms. The van der Waals surface area contributed by atoms with E-state index < -0.39 is 6.04 Å². The van der Waals surface area contributed by atoms with Crippen molar-refractivity contribution in [3.05, 3.63) is 59.7 Å². The van der Waals surface area contributed by atoms with E-state index >= 15 is 0 Å². The summed E-state index contributed by atoms with van der Waals surface area (Å²) in [6.07, 6.45) is 2.30. The normalized spacial score (nSPS) is 11.5. The fraction of sp³-hybridized carbons (Fsp3) is 0.440. The van der Waals surface area contributed by atoms with Crippen molar-refractivity contribution in [3.63, 3.8) is 0 Å². The molecule has 0 unspecified atom stereocenters. The van der Waals surface area contributed by atoms with Crippen LogP contribution < -0.4 is 14.8 Å². The molecule has 0 saturated heterocycles. The molecule has 0 fully saturated rings. The Kier molecular flexibility index (Phi) is 9.88. The van der Waals surface area contributed by atoms with Crippen molar-refractivity contribution in [3.8, 4) is 11.5 Å². The highest BCUT2D eigenvalue weighted by Gasteiger charge is 2.28. The van der Waals surface area contributed by atoms with Gasteiger partial charge in [0.15, 0.2) is 6.61 Å². The molecule has 0 aromatic heterocycles. The summed E-state index contributed by atoms with van der Waals surface area (Å²) >= 11 is 0. The second kappa shape index (κ2) is 12.6. The van der Waals surface area contributed by atoms with E-state index in [0.717, 1.165) is 24.2 Å². The molecular formula is C25H34N2O4. The number of hydrogen-bond acceptors (Lipinski definition) is 4. The van der Waals surface area contributed by atoms with E-state index in [1.54, 1.807) is 12.0 Å². The number of amides is 2. The van der Waals surface area contributed by atoms with Crippen LogP contribution in [0.2, 0.25) is 0 Å². The van der Waals surface area contributed by atoms with Crippen LogP contribution in [-0.4, -0.2) is 43.0 Å². The highest BCUT2D eigenvalue weighted by atomic mass is 16.5. The minimum atomic E-state index is -0.563. The first kappa shape index (κ1) is 24.3. The van der Waals surface area contributed by atoms with Crippen molar-refractivity contribution in [1.82, 2.24) is 10.2 Å². The van der Waals surface area contributed by atoms with E-state index in [0.29, 0.717) is 25.3 Å². The summed E-state index contributed by atoms with van der Waals surface area (Å²) in [6.45, 7) is 6.78. The monoisotopic (exact) mass is 426 g/mol. The molecule has 1 atom stereocenters. The highest BCUT2D eigenvalue weighted by molar-refractivity contribution is 5.88. The summed E-state index contributed by atoms with van der Waals surface area (Å²) in [5, 5.41) is 2.92. The number of ether oxygens (including phenoxy) is 2. The van der Waals surface area contributed by atoms with Crippen molar-refractivity contribution in [2.45, 2.75) is 52.6 Å². The second-order valence-electron chi connectivity index (χ2n) is 7.37. The fourth-order valence-corrected chi connectivity index (χ4v) is 3.26. The summed E-state index contributed by atoms with van der Waals surface area (Å²) in [7, 11) is 1.61. The first-order valence-corrected chi connectivity index (χ1v) is 10.9. The third-order valence-corrected chi connectivity index (χ3v) is 5.14. The Hall–Kier alpha value is -3.02. The average molecular weight is 427 g/mol. The standard InChI is InChI=1S/C25H34N2O4/c1-5-16-26-25(29)23(7-3)27(17-20-10-12-21(30-4)13-11-20)24(28)18-31-22-14-8-19(6-2)9-15-22/h8-15,23H,5-7,16-18H2,1-4H3,(H,26,29)/t23-/m0/s1. The van der Waals surface area contributed by atoms with Gasteiger partial charge in [-0.2, -0.15) is 0 Å². The molecule has 0 aliphatic carbocycles. The summed E-state index contributed by atoms with van der Waals surface area (Å²) in [4.78, 5) is 27.5. The minimum absolute atomic E-state index is 0.126. The number of hydrogen-bond donors (Lipinski definition) is 1. The molecule has 2 aromatic carbocycles. The Bertz CT molecular complexity index is 818. The Morgan fingerprint density at radius 2 is 1.55 bits per heavy atom. The van der Waals surface area contributed by atoms with E-state index in [9.17, 15) is 9.59 Å². The van der Waals surface area contributed by atoms with Crippen LogP contribution in [0.25, 0.3) is 0 Å². The highest BCUT2D eigenvalue weighted by Crippen LogP contribution is 2.17. The summed E-state index contributed by atoms with van der Waals surface area (Å²) in [5.41, 5.74) is 2.13. The van der Waals surface area contributed by atoms with Gasteiger partial charge < -0.3 is 19.7 Å². The van der Waals surface area contributed by atoms with Gasteiger partial charge >= 0.3 is 0 Å². The molecule has 2 rings (SSSR count). The van der Waals surface area contributed by atoms with Crippen molar-refractivity contribution in [2.24, 2.45) is 0 Å². The zero-order valence-corrected chi connectivity index (χ0v) is 19.0. The van der Waals surface area contributed by atoms with Gasteiger partial charge in [-0.3, -0.25) is 9.59 Å². The number of methoxy groups -OCH3 is 1. The second-order valence-corrected chi connectivity index (χ2v) is 7.37. The van der Waals surface area contributed by atoms with Gasteiger partial charge in [-0.25, -0.2) is 0 Å². The quantitative estimate of drug-likeness (QED) is 0.558. The van der Waals surface area contributed by atoms with Gasteiger partial charge in [0.05, 0.1) is 7.11 Å². The molecular weight excluding hydrogens is 392 g/mol. The molecule has 6 nitrogen and oxygen atoms in total. The Morgan fingerprint density at radius 1 is 0.935 bits per heavy atom. The number of rotatable bonds is 12. The molecule has 2 amide bonds. The summed E-state index contributed by atoms with van der Waals surface area (Å²) in [6, 6.07) is 14.6. The SMILES string of the molecule is CCCNC(=O)[C@H](CC)N(Cc1ccc(OC)cc1)C(=O)COc1ccc(CC)cc1. The molecule has 6 heteroatoms. The average Bonchev–Trinajstić information content (AvgIpc) is 2.81. The van der Waals surface area contributed by atoms with Gasteiger partial charge in [0.2, 0.25) is 5.91 Å².